The van der Waals surface area contributed by atoms with Crippen LogP contribution in [0, 0.1) is 20.8 Å². The highest BCUT2D eigenvalue weighted by atomic mass is 32.2. The number of hydrogen-bond acceptors (Lipinski definition) is 5. The van der Waals surface area contributed by atoms with E-state index >= 15 is 0 Å². The molecular weight excluding hydrogens is 312 g/mol. The monoisotopic (exact) mass is 334 g/mol. The Balaban J connectivity index is 1.45. The molecule has 1 amide bonds. The van der Waals surface area contributed by atoms with Crippen molar-refractivity contribution in [3.63, 3.8) is 0 Å². The van der Waals surface area contributed by atoms with Gasteiger partial charge < -0.3 is 14.4 Å². The molecule has 124 valence electrons. The van der Waals surface area contributed by atoms with Crippen LogP contribution in [0.15, 0.2) is 10.7 Å². The van der Waals surface area contributed by atoms with Crippen LogP contribution in [0.3, 0.4) is 0 Å². The lowest BCUT2D eigenvalue weighted by molar-refractivity contribution is -0.119. The van der Waals surface area contributed by atoms with E-state index in [2.05, 4.69) is 26.2 Å². The highest BCUT2D eigenvalue weighted by Gasteiger charge is 2.21. The molecule has 2 aromatic rings. The van der Waals surface area contributed by atoms with Crippen molar-refractivity contribution in [1.29, 1.82) is 0 Å². The van der Waals surface area contributed by atoms with E-state index in [0.29, 0.717) is 5.75 Å². The largest absolute Gasteiger partial charge is 0.361 e. The third kappa shape index (κ3) is 3.77. The van der Waals surface area contributed by atoms with Gasteiger partial charge in [0.15, 0.2) is 0 Å². The van der Waals surface area contributed by atoms with E-state index in [9.17, 15) is 4.79 Å². The van der Waals surface area contributed by atoms with E-state index in [4.69, 9.17) is 4.52 Å². The average Bonchev–Trinajstić information content (AvgIpc) is 3.02. The molecule has 0 spiro atoms. The fourth-order valence-electron chi connectivity index (χ4n) is 2.93. The van der Waals surface area contributed by atoms with Crippen molar-refractivity contribution in [3.8, 4) is 0 Å². The summed E-state index contributed by atoms with van der Waals surface area (Å²) < 4.78 is 7.29. The number of carbonyl (C=O) groups is 1. The van der Waals surface area contributed by atoms with E-state index in [1.54, 1.807) is 11.8 Å². The van der Waals surface area contributed by atoms with Gasteiger partial charge in [-0.3, -0.25) is 4.79 Å². The zero-order chi connectivity index (χ0) is 16.4. The number of nitrogens with one attached hydrogen (secondary N) is 1. The molecule has 2 aromatic heterocycles. The van der Waals surface area contributed by atoms with Crippen LogP contribution in [0.4, 0.5) is 0 Å². The molecule has 0 aliphatic carbocycles. The minimum absolute atomic E-state index is 0.0899. The van der Waals surface area contributed by atoms with E-state index in [1.807, 2.05) is 20.8 Å². The van der Waals surface area contributed by atoms with Crippen molar-refractivity contribution in [2.45, 2.75) is 52.0 Å². The molecule has 0 fully saturated rings. The molecule has 7 heteroatoms. The van der Waals surface area contributed by atoms with Gasteiger partial charge in [-0.05, 0) is 27.2 Å². The second-order valence-corrected chi connectivity index (χ2v) is 7.04. The van der Waals surface area contributed by atoms with Crippen LogP contribution in [0.5, 0.6) is 0 Å². The predicted octanol–water partition coefficient (Wildman–Crippen LogP) is 2.16. The Kier molecular flexibility index (Phi) is 4.75. The Morgan fingerprint density at radius 3 is 3.04 bits per heavy atom. The summed E-state index contributed by atoms with van der Waals surface area (Å²) in [6.45, 7) is 6.66. The number of thioether (sulfide) groups is 1. The first-order chi connectivity index (χ1) is 11.0. The molecule has 0 radical (unpaired) electrons. The van der Waals surface area contributed by atoms with E-state index in [1.165, 1.54) is 0 Å². The average molecular weight is 334 g/mol. The minimum atomic E-state index is 0.0899. The van der Waals surface area contributed by atoms with E-state index in [0.717, 1.165) is 53.7 Å². The first kappa shape index (κ1) is 16.1. The number of hydrogen-bond donors (Lipinski definition) is 1. The fraction of sp³-hybridized carbons (Fsp3) is 0.562. The second kappa shape index (κ2) is 6.78. The van der Waals surface area contributed by atoms with Gasteiger partial charge >= 0.3 is 0 Å². The van der Waals surface area contributed by atoms with Crippen molar-refractivity contribution in [2.24, 2.45) is 0 Å². The SMILES string of the molecule is Cc1cn2c(n1)CC[C@@H](NC(=O)CSCc1c(C)noc1C)C2. The molecule has 0 aromatic carbocycles. The molecule has 0 bridgehead atoms. The summed E-state index contributed by atoms with van der Waals surface area (Å²) in [6.07, 6.45) is 3.93. The first-order valence-electron chi connectivity index (χ1n) is 7.84. The Morgan fingerprint density at radius 2 is 2.30 bits per heavy atom. The van der Waals surface area contributed by atoms with Gasteiger partial charge in [-0.1, -0.05) is 5.16 Å². The maximum atomic E-state index is 12.1. The Hall–Kier alpha value is -1.76. The number of nitrogens with zero attached hydrogens (tertiary/aromatic N) is 3. The zero-order valence-corrected chi connectivity index (χ0v) is 14.6. The molecular formula is C16H22N4O2S. The van der Waals surface area contributed by atoms with Gasteiger partial charge in [-0.15, -0.1) is 11.8 Å². The molecule has 6 nitrogen and oxygen atoms in total. The Labute approximate surface area is 140 Å². The second-order valence-electron chi connectivity index (χ2n) is 6.05. The van der Waals surface area contributed by atoms with Crippen LogP contribution in [-0.2, 0) is 23.5 Å². The van der Waals surface area contributed by atoms with E-state index in [-0.39, 0.29) is 11.9 Å². The smallest absolute Gasteiger partial charge is 0.230 e. The predicted molar refractivity (Wildman–Crippen MR) is 89.4 cm³/mol. The van der Waals surface area contributed by atoms with Crippen LogP contribution in [0.2, 0.25) is 0 Å². The summed E-state index contributed by atoms with van der Waals surface area (Å²) in [4.78, 5) is 16.6. The maximum Gasteiger partial charge on any atom is 0.230 e. The van der Waals surface area contributed by atoms with Crippen LogP contribution < -0.4 is 5.32 Å². The van der Waals surface area contributed by atoms with E-state index < -0.39 is 0 Å². The molecule has 1 aliphatic rings. The molecule has 0 saturated carbocycles. The lowest BCUT2D eigenvalue weighted by atomic mass is 10.1. The Morgan fingerprint density at radius 1 is 1.48 bits per heavy atom. The molecule has 1 atom stereocenters. The molecule has 0 unspecified atom stereocenters. The number of fused-ring (bicyclic) bond motifs is 1. The number of amides is 1. The van der Waals surface area contributed by atoms with Crippen LogP contribution >= 0.6 is 11.8 Å². The highest BCUT2D eigenvalue weighted by Crippen LogP contribution is 2.20. The normalized spacial score (nSPS) is 17.1. The number of rotatable bonds is 5. The topological polar surface area (TPSA) is 73.0 Å². The van der Waals surface area contributed by atoms with Crippen molar-refractivity contribution in [2.75, 3.05) is 5.75 Å². The molecule has 1 aliphatic heterocycles. The summed E-state index contributed by atoms with van der Waals surface area (Å²) in [5.74, 6) is 3.26. The summed E-state index contributed by atoms with van der Waals surface area (Å²) in [5, 5.41) is 7.06. The third-order valence-corrected chi connectivity index (χ3v) is 5.10. The number of carbonyl (C=O) groups excluding carboxylic acids is 1. The number of imidazole rings is 1. The van der Waals surface area contributed by atoms with Crippen molar-refractivity contribution < 1.29 is 9.32 Å². The summed E-state index contributed by atoms with van der Waals surface area (Å²) in [5.41, 5.74) is 3.05. The van der Waals surface area contributed by atoms with Crippen LogP contribution in [-0.4, -0.2) is 32.4 Å². The first-order valence-corrected chi connectivity index (χ1v) is 9.00. The summed E-state index contributed by atoms with van der Waals surface area (Å²) in [7, 11) is 0. The van der Waals surface area contributed by atoms with Gasteiger partial charge in [0.2, 0.25) is 5.91 Å². The Bertz CT molecular complexity index is 687. The van der Waals surface area contributed by atoms with Gasteiger partial charge in [-0.25, -0.2) is 4.98 Å². The lowest BCUT2D eigenvalue weighted by Crippen LogP contribution is -2.41. The van der Waals surface area contributed by atoms with Gasteiger partial charge in [0.25, 0.3) is 0 Å². The van der Waals surface area contributed by atoms with Crippen molar-refractivity contribution in [3.05, 3.63) is 34.7 Å². The fourth-order valence-corrected chi connectivity index (χ4v) is 3.91. The lowest BCUT2D eigenvalue weighted by Gasteiger charge is -2.24. The summed E-state index contributed by atoms with van der Waals surface area (Å²) in [6, 6.07) is 0.197. The third-order valence-electron chi connectivity index (χ3n) is 4.14. The molecule has 3 heterocycles. The minimum Gasteiger partial charge on any atom is -0.361 e. The number of aromatic nitrogens is 3. The van der Waals surface area contributed by atoms with Gasteiger partial charge in [-0.2, -0.15) is 0 Å². The molecule has 3 rings (SSSR count). The summed E-state index contributed by atoms with van der Waals surface area (Å²) >= 11 is 1.59. The maximum absolute atomic E-state index is 12.1. The van der Waals surface area contributed by atoms with Crippen molar-refractivity contribution >= 4 is 17.7 Å². The quantitative estimate of drug-likeness (QED) is 0.907. The zero-order valence-electron chi connectivity index (χ0n) is 13.8. The number of aryl methyl sites for hydroxylation is 4. The highest BCUT2D eigenvalue weighted by molar-refractivity contribution is 7.99. The standard InChI is InChI=1S/C16H22N4O2S/c1-10-6-20-7-13(4-5-15(20)17-10)18-16(21)9-23-8-14-11(2)19-22-12(14)3/h6,13H,4-5,7-9H2,1-3H3,(H,18,21)/t13-/m1/s1. The van der Waals surface area contributed by atoms with Crippen molar-refractivity contribution in [1.82, 2.24) is 20.0 Å². The van der Waals surface area contributed by atoms with Crippen LogP contribution in [0.1, 0.15) is 35.0 Å². The van der Waals surface area contributed by atoms with Gasteiger partial charge in [0, 0.05) is 36.5 Å². The van der Waals surface area contributed by atoms with Gasteiger partial charge in [0.05, 0.1) is 17.1 Å². The molecule has 1 N–H and O–H groups in total. The molecule has 23 heavy (non-hydrogen) atoms. The van der Waals surface area contributed by atoms with Gasteiger partial charge in [0.1, 0.15) is 11.6 Å². The molecule has 0 saturated heterocycles. The van der Waals surface area contributed by atoms with Crippen LogP contribution in [0.25, 0.3) is 0 Å².